The molecule has 0 aliphatic carbocycles. The molecule has 2 aromatic rings. The summed E-state index contributed by atoms with van der Waals surface area (Å²) in [6, 6.07) is 15.9. The van der Waals surface area contributed by atoms with Crippen LogP contribution in [-0.2, 0) is 10.5 Å². The highest BCUT2D eigenvalue weighted by atomic mass is 127. The van der Waals surface area contributed by atoms with E-state index in [0.29, 0.717) is 5.75 Å². The zero-order valence-corrected chi connectivity index (χ0v) is 15.4. The van der Waals surface area contributed by atoms with Gasteiger partial charge >= 0.3 is 0 Å². The lowest BCUT2D eigenvalue weighted by Gasteiger charge is -2.14. The van der Waals surface area contributed by atoms with Crippen molar-refractivity contribution in [3.05, 3.63) is 57.7 Å². The molecule has 2 aromatic carbocycles. The second-order valence-corrected chi connectivity index (χ2v) is 8.07. The van der Waals surface area contributed by atoms with Gasteiger partial charge in [0.25, 0.3) is 0 Å². The van der Waals surface area contributed by atoms with Gasteiger partial charge in [-0.05, 0) is 52.4 Å². The molecule has 1 heterocycles. The van der Waals surface area contributed by atoms with Crippen molar-refractivity contribution in [1.29, 1.82) is 0 Å². The first-order chi connectivity index (χ1) is 10.7. The highest BCUT2D eigenvalue weighted by molar-refractivity contribution is 14.1. The molecule has 22 heavy (non-hydrogen) atoms. The number of hydrogen-bond acceptors (Lipinski definition) is 4. The van der Waals surface area contributed by atoms with Crippen LogP contribution in [0.15, 0.2) is 53.5 Å². The summed E-state index contributed by atoms with van der Waals surface area (Å²) >= 11 is 5.41. The van der Waals surface area contributed by atoms with E-state index in [2.05, 4.69) is 39.0 Å². The Morgan fingerprint density at radius 3 is 3.00 bits per heavy atom. The van der Waals surface area contributed by atoms with Crippen molar-refractivity contribution in [2.75, 3.05) is 11.1 Å². The van der Waals surface area contributed by atoms with E-state index in [1.165, 1.54) is 17.3 Å². The summed E-state index contributed by atoms with van der Waals surface area (Å²) in [5.74, 6) is 1.29. The van der Waals surface area contributed by atoms with Gasteiger partial charge in [0.2, 0.25) is 5.91 Å². The smallest absolute Gasteiger partial charge is 0.234 e. The number of halogens is 1. The minimum absolute atomic E-state index is 0.00541. The maximum Gasteiger partial charge on any atom is 0.234 e. The van der Waals surface area contributed by atoms with Crippen molar-refractivity contribution in [3.63, 3.8) is 0 Å². The number of hydrogen-bond donors (Lipinski definition) is 1. The highest BCUT2D eigenvalue weighted by Crippen LogP contribution is 2.34. The first-order valence-electron chi connectivity index (χ1n) is 6.68. The molecular weight excluding hydrogens is 427 g/mol. The van der Waals surface area contributed by atoms with Gasteiger partial charge in [-0.3, -0.25) is 4.79 Å². The fourth-order valence-electron chi connectivity index (χ4n) is 1.98. The number of anilines is 1. The Bertz CT molecular complexity index is 734. The van der Waals surface area contributed by atoms with Crippen LogP contribution >= 0.6 is 46.1 Å². The van der Waals surface area contributed by atoms with E-state index in [1.807, 2.05) is 42.5 Å². The summed E-state index contributed by atoms with van der Waals surface area (Å²) in [5.41, 5.74) is 3.10. The lowest BCUT2D eigenvalue weighted by atomic mass is 10.2. The minimum atomic E-state index is -0.00541. The second kappa shape index (κ2) is 7.52. The number of nitrogens with zero attached hydrogens (tertiary/aromatic N) is 1. The molecule has 0 atom stereocenters. The zero-order valence-electron chi connectivity index (χ0n) is 11.6. The summed E-state index contributed by atoms with van der Waals surface area (Å²) in [4.78, 5) is 16.6. The molecule has 3 rings (SSSR count). The first-order valence-corrected chi connectivity index (χ1v) is 9.73. The number of fused-ring (bicyclic) bond motifs is 1. The number of benzene rings is 2. The standard InChI is InChI=1S/C16H13IN2OS2/c17-12-5-3-6-13(8-12)18-15(20)10-22-16-19-14-7-2-1-4-11(14)9-21-16/h1-8H,9-10H2,(H,18,20). The van der Waals surface area contributed by atoms with Gasteiger partial charge in [-0.2, -0.15) is 0 Å². The molecule has 1 N–H and O–H groups in total. The van der Waals surface area contributed by atoms with E-state index in [0.717, 1.165) is 25.1 Å². The molecule has 0 bridgehead atoms. The van der Waals surface area contributed by atoms with Crippen molar-refractivity contribution >= 4 is 67.8 Å². The molecule has 0 unspecified atom stereocenters. The molecule has 112 valence electrons. The fourth-order valence-corrected chi connectivity index (χ4v) is 4.38. The van der Waals surface area contributed by atoms with Crippen molar-refractivity contribution in [2.24, 2.45) is 4.99 Å². The number of carbonyl (C=O) groups excluding carboxylic acids is 1. The number of amides is 1. The summed E-state index contributed by atoms with van der Waals surface area (Å²) in [5, 5.41) is 2.91. The third kappa shape index (κ3) is 4.27. The lowest BCUT2D eigenvalue weighted by Crippen LogP contribution is -2.15. The van der Waals surface area contributed by atoms with Gasteiger partial charge in [0.1, 0.15) is 4.38 Å². The number of para-hydroxylation sites is 1. The number of nitrogens with one attached hydrogen (secondary N) is 1. The Balaban J connectivity index is 1.57. The largest absolute Gasteiger partial charge is 0.325 e. The Kier molecular flexibility index (Phi) is 5.43. The van der Waals surface area contributed by atoms with Crippen molar-refractivity contribution < 1.29 is 4.79 Å². The van der Waals surface area contributed by atoms with Gasteiger partial charge in [-0.25, -0.2) is 4.99 Å². The van der Waals surface area contributed by atoms with Gasteiger partial charge in [-0.1, -0.05) is 47.8 Å². The molecule has 0 saturated carbocycles. The van der Waals surface area contributed by atoms with Crippen LogP contribution in [0.3, 0.4) is 0 Å². The molecular formula is C16H13IN2OS2. The number of aliphatic imine (C=N–C) groups is 1. The normalized spacial score (nSPS) is 13.2. The molecule has 1 aliphatic rings. The monoisotopic (exact) mass is 440 g/mol. The van der Waals surface area contributed by atoms with Crippen LogP contribution in [-0.4, -0.2) is 16.0 Å². The maximum absolute atomic E-state index is 12.0. The van der Waals surface area contributed by atoms with Gasteiger partial charge in [-0.15, -0.1) is 0 Å². The molecule has 1 amide bonds. The Hall–Kier alpha value is -0.990. The zero-order chi connectivity index (χ0) is 15.4. The molecule has 3 nitrogen and oxygen atoms in total. The van der Waals surface area contributed by atoms with Crippen LogP contribution in [0, 0.1) is 3.57 Å². The van der Waals surface area contributed by atoms with E-state index in [9.17, 15) is 4.79 Å². The molecule has 6 heteroatoms. The van der Waals surface area contributed by atoms with Gasteiger partial charge in [0.15, 0.2) is 0 Å². The molecule has 0 fully saturated rings. The van der Waals surface area contributed by atoms with Crippen LogP contribution < -0.4 is 5.32 Å². The van der Waals surface area contributed by atoms with Crippen LogP contribution in [0.1, 0.15) is 5.56 Å². The lowest BCUT2D eigenvalue weighted by molar-refractivity contribution is -0.113. The van der Waals surface area contributed by atoms with Gasteiger partial charge < -0.3 is 5.32 Å². The number of carbonyl (C=O) groups is 1. The predicted octanol–water partition coefficient (Wildman–Crippen LogP) is 4.90. The Labute approximate surface area is 151 Å². The Morgan fingerprint density at radius 2 is 2.14 bits per heavy atom. The third-order valence-electron chi connectivity index (χ3n) is 2.99. The van der Waals surface area contributed by atoms with Gasteiger partial charge in [0.05, 0.1) is 11.4 Å². The molecule has 1 aliphatic heterocycles. The average Bonchev–Trinajstić information content (AvgIpc) is 2.53. The quantitative estimate of drug-likeness (QED) is 0.691. The third-order valence-corrected chi connectivity index (χ3v) is 5.91. The SMILES string of the molecule is O=C(CSC1=Nc2ccccc2CS1)Nc1cccc(I)c1. The van der Waals surface area contributed by atoms with E-state index in [-0.39, 0.29) is 5.91 Å². The van der Waals surface area contributed by atoms with Crippen LogP contribution in [0.25, 0.3) is 0 Å². The van der Waals surface area contributed by atoms with Crippen molar-refractivity contribution in [2.45, 2.75) is 5.75 Å². The van der Waals surface area contributed by atoms with E-state index < -0.39 is 0 Å². The first kappa shape index (κ1) is 15.9. The summed E-state index contributed by atoms with van der Waals surface area (Å²) < 4.78 is 2.06. The molecule has 0 radical (unpaired) electrons. The van der Waals surface area contributed by atoms with Crippen LogP contribution in [0.5, 0.6) is 0 Å². The minimum Gasteiger partial charge on any atom is -0.325 e. The summed E-state index contributed by atoms with van der Waals surface area (Å²) in [6.07, 6.45) is 0. The maximum atomic E-state index is 12.0. The summed E-state index contributed by atoms with van der Waals surface area (Å²) in [7, 11) is 0. The molecule has 0 saturated heterocycles. The number of rotatable bonds is 3. The topological polar surface area (TPSA) is 41.5 Å². The van der Waals surface area contributed by atoms with Crippen molar-refractivity contribution in [1.82, 2.24) is 0 Å². The molecule has 0 spiro atoms. The van der Waals surface area contributed by atoms with Crippen molar-refractivity contribution in [3.8, 4) is 0 Å². The molecule has 0 aromatic heterocycles. The highest BCUT2D eigenvalue weighted by Gasteiger charge is 2.14. The van der Waals surface area contributed by atoms with E-state index in [1.54, 1.807) is 11.8 Å². The van der Waals surface area contributed by atoms with E-state index >= 15 is 0 Å². The Morgan fingerprint density at radius 1 is 1.27 bits per heavy atom. The fraction of sp³-hybridized carbons (Fsp3) is 0.125. The summed E-state index contributed by atoms with van der Waals surface area (Å²) in [6.45, 7) is 0. The predicted molar refractivity (Wildman–Crippen MR) is 105 cm³/mol. The number of thioether (sulfide) groups is 2. The van der Waals surface area contributed by atoms with Gasteiger partial charge in [0, 0.05) is 15.0 Å². The van der Waals surface area contributed by atoms with Crippen LogP contribution in [0.4, 0.5) is 11.4 Å². The van der Waals surface area contributed by atoms with Crippen LogP contribution in [0.2, 0.25) is 0 Å². The second-order valence-electron chi connectivity index (χ2n) is 4.64. The average molecular weight is 440 g/mol. The van der Waals surface area contributed by atoms with E-state index in [4.69, 9.17) is 0 Å².